The maximum absolute atomic E-state index is 13.6. The SMILES string of the molecule is CCCN(C(=O)Cc1cccc(F)c1F)C1CNC1. The Bertz CT molecular complexity index is 461. The molecule has 1 N–H and O–H groups in total. The topological polar surface area (TPSA) is 32.3 Å². The van der Waals surface area contributed by atoms with Crippen LogP contribution in [0.3, 0.4) is 0 Å². The van der Waals surface area contributed by atoms with Crippen molar-refractivity contribution < 1.29 is 13.6 Å². The Kier molecular flexibility index (Phi) is 4.47. The van der Waals surface area contributed by atoms with Gasteiger partial charge in [-0.3, -0.25) is 4.79 Å². The van der Waals surface area contributed by atoms with E-state index in [0.29, 0.717) is 6.54 Å². The van der Waals surface area contributed by atoms with Gasteiger partial charge in [-0.15, -0.1) is 0 Å². The first-order valence-electron chi connectivity index (χ1n) is 6.56. The van der Waals surface area contributed by atoms with Crippen molar-refractivity contribution in [1.82, 2.24) is 10.2 Å². The Morgan fingerprint density at radius 2 is 2.16 bits per heavy atom. The van der Waals surface area contributed by atoms with Crippen LogP contribution >= 0.6 is 0 Å². The highest BCUT2D eigenvalue weighted by atomic mass is 19.2. The number of carbonyl (C=O) groups is 1. The van der Waals surface area contributed by atoms with Crippen LogP contribution < -0.4 is 5.32 Å². The minimum Gasteiger partial charge on any atom is -0.337 e. The van der Waals surface area contributed by atoms with Gasteiger partial charge in [0.2, 0.25) is 5.91 Å². The molecule has 1 aliphatic rings. The van der Waals surface area contributed by atoms with E-state index in [1.165, 1.54) is 12.1 Å². The van der Waals surface area contributed by atoms with E-state index in [1.54, 1.807) is 4.90 Å². The van der Waals surface area contributed by atoms with Gasteiger partial charge in [-0.25, -0.2) is 8.78 Å². The van der Waals surface area contributed by atoms with Gasteiger partial charge in [-0.1, -0.05) is 19.1 Å². The van der Waals surface area contributed by atoms with Gasteiger partial charge in [0.05, 0.1) is 12.5 Å². The lowest BCUT2D eigenvalue weighted by atomic mass is 10.1. The van der Waals surface area contributed by atoms with Crippen molar-refractivity contribution in [3.8, 4) is 0 Å². The molecule has 1 amide bonds. The fraction of sp³-hybridized carbons (Fsp3) is 0.500. The number of carbonyl (C=O) groups excluding carboxylic acids is 1. The van der Waals surface area contributed by atoms with E-state index in [1.807, 2.05) is 6.92 Å². The number of nitrogens with zero attached hydrogens (tertiary/aromatic N) is 1. The summed E-state index contributed by atoms with van der Waals surface area (Å²) in [5.41, 5.74) is 0.124. The summed E-state index contributed by atoms with van der Waals surface area (Å²) in [6, 6.07) is 4.13. The molecule has 0 saturated carbocycles. The van der Waals surface area contributed by atoms with Gasteiger partial charge in [-0.2, -0.15) is 0 Å². The van der Waals surface area contributed by atoms with Crippen molar-refractivity contribution in [2.45, 2.75) is 25.8 Å². The van der Waals surface area contributed by atoms with Crippen LogP contribution in [0, 0.1) is 11.6 Å². The van der Waals surface area contributed by atoms with Crippen LogP contribution in [-0.4, -0.2) is 36.5 Å². The number of hydrogen-bond acceptors (Lipinski definition) is 2. The average molecular weight is 268 g/mol. The Balaban J connectivity index is 2.07. The summed E-state index contributed by atoms with van der Waals surface area (Å²) < 4.78 is 26.7. The molecule has 1 heterocycles. The summed E-state index contributed by atoms with van der Waals surface area (Å²) in [4.78, 5) is 14.0. The van der Waals surface area contributed by atoms with E-state index in [-0.39, 0.29) is 23.9 Å². The maximum Gasteiger partial charge on any atom is 0.227 e. The molecule has 0 aliphatic carbocycles. The molecule has 0 unspecified atom stereocenters. The van der Waals surface area contributed by atoms with Gasteiger partial charge < -0.3 is 10.2 Å². The number of amides is 1. The molecule has 0 atom stereocenters. The van der Waals surface area contributed by atoms with Gasteiger partial charge in [0.25, 0.3) is 0 Å². The molecular formula is C14H18F2N2O. The Labute approximate surface area is 111 Å². The van der Waals surface area contributed by atoms with E-state index in [0.717, 1.165) is 25.6 Å². The number of benzene rings is 1. The first-order chi connectivity index (χ1) is 9.13. The molecule has 0 radical (unpaired) electrons. The second-order valence-electron chi connectivity index (χ2n) is 4.79. The molecule has 19 heavy (non-hydrogen) atoms. The molecule has 2 rings (SSSR count). The largest absolute Gasteiger partial charge is 0.337 e. The molecule has 1 aromatic carbocycles. The molecule has 0 bridgehead atoms. The van der Waals surface area contributed by atoms with Gasteiger partial charge in [0.1, 0.15) is 0 Å². The monoisotopic (exact) mass is 268 g/mol. The molecule has 0 aromatic heterocycles. The Morgan fingerprint density at radius 1 is 1.42 bits per heavy atom. The Morgan fingerprint density at radius 3 is 2.74 bits per heavy atom. The minimum atomic E-state index is -0.918. The molecule has 3 nitrogen and oxygen atoms in total. The number of nitrogens with one attached hydrogen (secondary N) is 1. The van der Waals surface area contributed by atoms with Crippen molar-refractivity contribution >= 4 is 5.91 Å². The molecule has 0 spiro atoms. The summed E-state index contributed by atoms with van der Waals surface area (Å²) in [5, 5.41) is 3.11. The van der Waals surface area contributed by atoms with Crippen LogP contribution in [0.25, 0.3) is 0 Å². The van der Waals surface area contributed by atoms with Crippen molar-refractivity contribution in [3.63, 3.8) is 0 Å². The van der Waals surface area contributed by atoms with Crippen LogP contribution in [0.15, 0.2) is 18.2 Å². The van der Waals surface area contributed by atoms with Crippen molar-refractivity contribution in [2.75, 3.05) is 19.6 Å². The van der Waals surface area contributed by atoms with Gasteiger partial charge >= 0.3 is 0 Å². The lowest BCUT2D eigenvalue weighted by Gasteiger charge is -2.38. The second-order valence-corrected chi connectivity index (χ2v) is 4.79. The van der Waals surface area contributed by atoms with Crippen LogP contribution in [0.2, 0.25) is 0 Å². The Hall–Kier alpha value is -1.49. The summed E-state index contributed by atoms with van der Waals surface area (Å²) in [6.45, 7) is 4.20. The van der Waals surface area contributed by atoms with Crippen molar-refractivity contribution in [1.29, 1.82) is 0 Å². The molecule has 1 fully saturated rings. The minimum absolute atomic E-state index is 0.0832. The molecular weight excluding hydrogens is 250 g/mol. The molecule has 104 valence electrons. The average Bonchev–Trinajstić information content (AvgIpc) is 2.32. The number of rotatable bonds is 5. The quantitative estimate of drug-likeness (QED) is 0.882. The molecule has 5 heteroatoms. The predicted octanol–water partition coefficient (Wildman–Crippen LogP) is 1.72. The zero-order valence-electron chi connectivity index (χ0n) is 11.0. The third-order valence-corrected chi connectivity index (χ3v) is 3.36. The number of halogens is 2. The molecule has 1 saturated heterocycles. The molecule has 1 aromatic rings. The van der Waals surface area contributed by atoms with Crippen LogP contribution in [0.4, 0.5) is 8.78 Å². The summed E-state index contributed by atoms with van der Waals surface area (Å²) in [6.07, 6.45) is 0.772. The third kappa shape index (κ3) is 3.10. The van der Waals surface area contributed by atoms with Crippen molar-refractivity contribution in [2.24, 2.45) is 0 Å². The summed E-state index contributed by atoms with van der Waals surface area (Å²) in [7, 11) is 0. The summed E-state index contributed by atoms with van der Waals surface area (Å²) in [5.74, 6) is -1.96. The van der Waals surface area contributed by atoms with Gasteiger partial charge in [0.15, 0.2) is 11.6 Å². The second kappa shape index (κ2) is 6.10. The standard InChI is InChI=1S/C14H18F2N2O/c1-2-6-18(11-8-17-9-11)13(19)7-10-4-3-5-12(15)14(10)16/h3-5,11,17H,2,6-9H2,1H3. The normalized spacial score (nSPS) is 15.1. The molecule has 1 aliphatic heterocycles. The van der Waals surface area contributed by atoms with E-state index in [9.17, 15) is 13.6 Å². The predicted molar refractivity (Wildman–Crippen MR) is 68.7 cm³/mol. The zero-order valence-corrected chi connectivity index (χ0v) is 11.0. The fourth-order valence-corrected chi connectivity index (χ4v) is 2.20. The lowest BCUT2D eigenvalue weighted by molar-refractivity contribution is -0.133. The number of hydrogen-bond donors (Lipinski definition) is 1. The van der Waals surface area contributed by atoms with Gasteiger partial charge in [-0.05, 0) is 12.5 Å². The first-order valence-corrected chi connectivity index (χ1v) is 6.56. The highest BCUT2D eigenvalue weighted by molar-refractivity contribution is 5.79. The van der Waals surface area contributed by atoms with E-state index in [2.05, 4.69) is 5.32 Å². The first kappa shape index (κ1) is 13.9. The third-order valence-electron chi connectivity index (χ3n) is 3.36. The smallest absolute Gasteiger partial charge is 0.227 e. The highest BCUT2D eigenvalue weighted by Crippen LogP contribution is 2.15. The van der Waals surface area contributed by atoms with E-state index < -0.39 is 11.6 Å². The maximum atomic E-state index is 13.6. The van der Waals surface area contributed by atoms with Gasteiger partial charge in [0, 0.05) is 25.2 Å². The lowest BCUT2D eigenvalue weighted by Crippen LogP contribution is -2.59. The van der Waals surface area contributed by atoms with Crippen LogP contribution in [0.5, 0.6) is 0 Å². The van der Waals surface area contributed by atoms with E-state index in [4.69, 9.17) is 0 Å². The summed E-state index contributed by atoms with van der Waals surface area (Å²) >= 11 is 0. The highest BCUT2D eigenvalue weighted by Gasteiger charge is 2.28. The zero-order chi connectivity index (χ0) is 13.8. The van der Waals surface area contributed by atoms with Crippen LogP contribution in [0.1, 0.15) is 18.9 Å². The van der Waals surface area contributed by atoms with Crippen LogP contribution in [-0.2, 0) is 11.2 Å². The van der Waals surface area contributed by atoms with Crippen molar-refractivity contribution in [3.05, 3.63) is 35.4 Å². The van der Waals surface area contributed by atoms with E-state index >= 15 is 0 Å². The fourth-order valence-electron chi connectivity index (χ4n) is 2.20.